The Kier molecular flexibility index (Phi) is 21.9. The van der Waals surface area contributed by atoms with Crippen LogP contribution in [0.1, 0.15) is 85.8 Å². The third-order valence-electron chi connectivity index (χ3n) is 5.30. The molecule has 2 N–H and O–H groups in total. The number of anilines is 1. The van der Waals surface area contributed by atoms with Crippen LogP contribution in [0.4, 0.5) is 5.69 Å². The Morgan fingerprint density at radius 1 is 1.24 bits per heavy atom. The van der Waals surface area contributed by atoms with Gasteiger partial charge in [-0.2, -0.15) is 0 Å². The number of halogens is 1. The molecule has 1 amide bonds. The first-order valence-electron chi connectivity index (χ1n) is 14.5. The van der Waals surface area contributed by atoms with E-state index in [0.717, 1.165) is 49.6 Å². The Morgan fingerprint density at radius 2 is 1.95 bits per heavy atom. The number of amides is 1. The van der Waals surface area contributed by atoms with E-state index in [1.165, 1.54) is 36.2 Å². The zero-order valence-electron chi connectivity index (χ0n) is 26.3. The molecule has 0 bridgehead atoms. The number of carbonyl (C=O) groups excluding carboxylic acids is 2. The van der Waals surface area contributed by atoms with Crippen molar-refractivity contribution in [2.45, 2.75) is 97.9 Å². The van der Waals surface area contributed by atoms with Gasteiger partial charge in [0.15, 0.2) is 0 Å². The van der Waals surface area contributed by atoms with Crippen molar-refractivity contribution < 1.29 is 14.3 Å². The lowest BCUT2D eigenvalue weighted by Crippen LogP contribution is -2.23. The summed E-state index contributed by atoms with van der Waals surface area (Å²) in [5.74, 6) is 0.0502. The van der Waals surface area contributed by atoms with Gasteiger partial charge in [-0.3, -0.25) is 14.3 Å². The van der Waals surface area contributed by atoms with Crippen molar-refractivity contribution in [2.75, 3.05) is 24.5 Å². The minimum Gasteiger partial charge on any atom is -0.460 e. The van der Waals surface area contributed by atoms with Gasteiger partial charge in [-0.25, -0.2) is 0 Å². The summed E-state index contributed by atoms with van der Waals surface area (Å²) < 4.78 is 7.89. The fourth-order valence-electron chi connectivity index (χ4n) is 3.78. The fraction of sp³-hybridized carbons (Fsp3) is 0.562. The normalized spacial score (nSPS) is 15.4. The van der Waals surface area contributed by atoms with Gasteiger partial charge in [0.05, 0.1) is 0 Å². The molecule has 1 aromatic carbocycles. The number of carbonyl (C=O) groups is 2. The lowest BCUT2D eigenvalue weighted by molar-refractivity contribution is -0.151. The molecule has 232 valence electrons. The zero-order chi connectivity index (χ0) is 31.3. The number of benzene rings is 1. The van der Waals surface area contributed by atoms with Crippen molar-refractivity contribution in [1.29, 1.82) is 0 Å². The van der Waals surface area contributed by atoms with Gasteiger partial charge in [-0.15, -0.1) is 23.4 Å². The molecule has 1 unspecified atom stereocenters. The fourth-order valence-corrected chi connectivity index (χ4v) is 5.52. The van der Waals surface area contributed by atoms with Gasteiger partial charge >= 0.3 is 5.97 Å². The largest absolute Gasteiger partial charge is 0.460 e. The van der Waals surface area contributed by atoms with Crippen LogP contribution < -0.4 is 14.9 Å². The van der Waals surface area contributed by atoms with Crippen LogP contribution in [0.5, 0.6) is 0 Å². The maximum atomic E-state index is 11.7. The van der Waals surface area contributed by atoms with E-state index in [-0.39, 0.29) is 22.2 Å². The van der Waals surface area contributed by atoms with E-state index in [0.29, 0.717) is 6.42 Å². The Bertz CT molecular complexity index is 977. The summed E-state index contributed by atoms with van der Waals surface area (Å²) in [5.41, 5.74) is 3.56. The first kappa shape index (κ1) is 39.3. The minimum atomic E-state index is -0.328. The number of allylic oxidation sites excluding steroid dienone is 2. The molecule has 2 aliphatic heterocycles. The maximum absolute atomic E-state index is 11.7. The first-order chi connectivity index (χ1) is 19.5. The first-order valence-corrected chi connectivity index (χ1v) is 16.7. The van der Waals surface area contributed by atoms with Gasteiger partial charge in [0.1, 0.15) is 10.3 Å². The van der Waals surface area contributed by atoms with Crippen LogP contribution in [0, 0.1) is 0 Å². The summed E-state index contributed by atoms with van der Waals surface area (Å²) in [6.45, 7) is 22.7. The van der Waals surface area contributed by atoms with Crippen LogP contribution in [-0.4, -0.2) is 41.8 Å². The molecule has 1 atom stereocenters. The number of thioether (sulfide) groups is 1. The third-order valence-corrected chi connectivity index (χ3v) is 7.26. The summed E-state index contributed by atoms with van der Waals surface area (Å²) in [7, 11) is 0. The van der Waals surface area contributed by atoms with E-state index in [9.17, 15) is 9.59 Å². The van der Waals surface area contributed by atoms with Gasteiger partial charge in [0.2, 0.25) is 5.91 Å². The zero-order valence-corrected chi connectivity index (χ0v) is 28.7. The summed E-state index contributed by atoms with van der Waals surface area (Å²) in [6, 6.07) is 6.48. The molecule has 3 rings (SSSR count). The summed E-state index contributed by atoms with van der Waals surface area (Å²) >= 11 is 9.07. The number of aryl methyl sites for hydroxylation is 1. The third kappa shape index (κ3) is 19.2. The summed E-state index contributed by atoms with van der Waals surface area (Å²) in [6.07, 6.45) is 9.84. The molecular formula is C32H52ClN3O3S2. The Balaban J connectivity index is 0.000000604. The predicted molar refractivity (Wildman–Crippen MR) is 183 cm³/mol. The van der Waals surface area contributed by atoms with Crippen molar-refractivity contribution in [2.24, 2.45) is 0 Å². The van der Waals surface area contributed by atoms with Crippen molar-refractivity contribution in [3.05, 3.63) is 64.4 Å². The van der Waals surface area contributed by atoms with Crippen molar-refractivity contribution in [3.63, 3.8) is 0 Å². The lowest BCUT2D eigenvalue weighted by Gasteiger charge is -2.17. The molecule has 0 saturated carbocycles. The number of hydrogen-bond donors (Lipinski definition) is 2. The molecule has 1 fully saturated rings. The molecule has 0 radical (unpaired) electrons. The number of alkyl halides is 1. The van der Waals surface area contributed by atoms with Gasteiger partial charge < -0.3 is 15.0 Å². The Labute approximate surface area is 263 Å². The van der Waals surface area contributed by atoms with Crippen LogP contribution in [0.25, 0.3) is 0 Å². The Hall–Kier alpha value is -1.71. The van der Waals surface area contributed by atoms with Crippen molar-refractivity contribution >= 4 is 52.9 Å². The number of hydrogen-bond acceptors (Lipinski definition) is 7. The van der Waals surface area contributed by atoms with Gasteiger partial charge in [-0.05, 0) is 88.2 Å². The van der Waals surface area contributed by atoms with Crippen LogP contribution in [0.15, 0.2) is 53.3 Å². The van der Waals surface area contributed by atoms with Crippen LogP contribution >= 0.6 is 35.3 Å². The molecule has 41 heavy (non-hydrogen) atoms. The smallest absolute Gasteiger partial charge is 0.303 e. The van der Waals surface area contributed by atoms with E-state index in [1.54, 1.807) is 11.9 Å². The van der Waals surface area contributed by atoms with E-state index >= 15 is 0 Å². The highest BCUT2D eigenvalue weighted by molar-refractivity contribution is 8.05. The van der Waals surface area contributed by atoms with Crippen molar-refractivity contribution in [1.82, 2.24) is 10.0 Å². The number of nitrogens with zero attached hydrogens (tertiary/aromatic N) is 1. The molecule has 1 aromatic rings. The Morgan fingerprint density at radius 3 is 2.49 bits per heavy atom. The molecule has 1 saturated heterocycles. The quantitative estimate of drug-likeness (QED) is 0.0751. The van der Waals surface area contributed by atoms with Gasteiger partial charge in [-0.1, -0.05) is 57.5 Å². The second-order valence-electron chi connectivity index (χ2n) is 9.97. The monoisotopic (exact) mass is 625 g/mol. The van der Waals surface area contributed by atoms with Gasteiger partial charge in [0, 0.05) is 43.6 Å². The minimum absolute atomic E-state index is 0.0266. The molecular weight excluding hydrogens is 574 g/mol. The van der Waals surface area contributed by atoms with Crippen LogP contribution in [0.3, 0.4) is 0 Å². The maximum Gasteiger partial charge on any atom is 0.303 e. The highest BCUT2D eigenvalue weighted by Gasteiger charge is 2.22. The van der Waals surface area contributed by atoms with E-state index < -0.39 is 0 Å². The second kappa shape index (κ2) is 22.8. The van der Waals surface area contributed by atoms with Gasteiger partial charge in [0.25, 0.3) is 0 Å². The average Bonchev–Trinajstić information content (AvgIpc) is 3.19. The second-order valence-corrected chi connectivity index (χ2v) is 12.8. The highest BCUT2D eigenvalue weighted by atomic mass is 35.5. The molecule has 2 aliphatic rings. The standard InChI is InChI=1S/C14H18N2O.C10H16ClNS2.C6H12O2.C2H6/c17-14-4-2-8-16(14)13-6-5-12-10-15-7-1-3-11(12)9-13;1-4-6-10(11)14-9(3)7-8-13-12-5-2;1-5(7)8-6(2,3)4;1-2/h5-6,9,15H,1-4,7-8,10H2;4,6-8,10,12H,3,5H2,1-2H3;1-4H3;1-2H3/b;6-4?,8-7+;;. The van der Waals surface area contributed by atoms with Crippen molar-refractivity contribution in [3.8, 4) is 0 Å². The number of nitrogens with one attached hydrogen (secondary N) is 2. The number of ether oxygens (including phenoxy) is 1. The van der Waals surface area contributed by atoms with Crippen LogP contribution in [-0.2, 0) is 27.3 Å². The molecule has 0 spiro atoms. The highest BCUT2D eigenvalue weighted by Crippen LogP contribution is 2.26. The molecule has 9 heteroatoms. The van der Waals surface area contributed by atoms with E-state index in [2.05, 4.69) is 41.7 Å². The number of esters is 1. The lowest BCUT2D eigenvalue weighted by atomic mass is 10.0. The molecule has 0 aliphatic carbocycles. The SMILES string of the molecule is C=C(/C=C/SNCC)SC(Cl)C=CC.CC.CC(=O)OC(C)(C)C.O=C1CCCN1c1ccc2c(c1)CCCNC2. The molecule has 2 heterocycles. The number of fused-ring (bicyclic) bond motifs is 1. The summed E-state index contributed by atoms with van der Waals surface area (Å²) in [4.78, 5) is 24.9. The predicted octanol–water partition coefficient (Wildman–Crippen LogP) is 8.37. The molecule has 6 nitrogen and oxygen atoms in total. The average molecular weight is 626 g/mol. The topological polar surface area (TPSA) is 70.7 Å². The van der Waals surface area contributed by atoms with Crippen LogP contribution in [0.2, 0.25) is 0 Å². The molecule has 0 aromatic heterocycles. The van der Waals surface area contributed by atoms with E-state index in [1.807, 2.05) is 70.1 Å². The summed E-state index contributed by atoms with van der Waals surface area (Å²) in [5, 5.41) is 5.39. The van der Waals surface area contributed by atoms with E-state index in [4.69, 9.17) is 16.3 Å². The number of rotatable bonds is 8.